The van der Waals surface area contributed by atoms with Gasteiger partial charge in [-0.2, -0.15) is 0 Å². The van der Waals surface area contributed by atoms with Crippen molar-refractivity contribution in [3.8, 4) is 11.5 Å². The van der Waals surface area contributed by atoms with Gasteiger partial charge in [0, 0.05) is 19.2 Å². The Labute approximate surface area is 189 Å². The number of benzene rings is 3. The first-order valence-corrected chi connectivity index (χ1v) is 12.1. The lowest BCUT2D eigenvalue weighted by molar-refractivity contribution is -0.116. The SMILES string of the molecule is CCCCCC(=O)Nc1ccc(S(=O)(=O)N(C)c2ccc(Oc3ccccc3)cc2)cc1. The van der Waals surface area contributed by atoms with E-state index in [-0.39, 0.29) is 10.8 Å². The monoisotopic (exact) mass is 452 g/mol. The lowest BCUT2D eigenvalue weighted by Gasteiger charge is -2.20. The molecule has 0 spiro atoms. The second-order valence-corrected chi connectivity index (χ2v) is 9.38. The molecular formula is C25H28N2O4S. The number of unbranched alkanes of at least 4 members (excludes halogenated alkanes) is 2. The van der Waals surface area contributed by atoms with Crippen LogP contribution < -0.4 is 14.4 Å². The van der Waals surface area contributed by atoms with Crippen LogP contribution in [0.25, 0.3) is 0 Å². The summed E-state index contributed by atoms with van der Waals surface area (Å²) >= 11 is 0. The molecule has 0 aliphatic heterocycles. The highest BCUT2D eigenvalue weighted by Crippen LogP contribution is 2.27. The molecule has 0 aliphatic rings. The van der Waals surface area contributed by atoms with Crippen LogP contribution in [0.15, 0.2) is 83.8 Å². The topological polar surface area (TPSA) is 75.7 Å². The Morgan fingerprint density at radius 1 is 0.875 bits per heavy atom. The number of anilines is 2. The fourth-order valence-corrected chi connectivity index (χ4v) is 4.31. The van der Waals surface area contributed by atoms with Crippen molar-refractivity contribution in [1.29, 1.82) is 0 Å². The van der Waals surface area contributed by atoms with Crippen molar-refractivity contribution in [1.82, 2.24) is 0 Å². The maximum absolute atomic E-state index is 13.0. The van der Waals surface area contributed by atoms with Crippen LogP contribution >= 0.6 is 0 Å². The number of para-hydroxylation sites is 1. The standard InChI is InChI=1S/C25H28N2O4S/c1-3-4-6-11-25(28)26-20-12-18-24(19-13-20)32(29,30)27(2)21-14-16-23(17-15-21)31-22-9-7-5-8-10-22/h5,7-10,12-19H,3-4,6,11H2,1-2H3,(H,26,28). The van der Waals surface area contributed by atoms with Gasteiger partial charge >= 0.3 is 0 Å². The van der Waals surface area contributed by atoms with E-state index in [2.05, 4.69) is 12.2 Å². The zero-order chi connectivity index (χ0) is 23.0. The van der Waals surface area contributed by atoms with Gasteiger partial charge in [-0.05, 0) is 67.1 Å². The molecule has 7 heteroatoms. The van der Waals surface area contributed by atoms with Gasteiger partial charge in [0.2, 0.25) is 5.91 Å². The summed E-state index contributed by atoms with van der Waals surface area (Å²) in [4.78, 5) is 12.1. The van der Waals surface area contributed by atoms with E-state index < -0.39 is 10.0 Å². The molecular weight excluding hydrogens is 424 g/mol. The lowest BCUT2D eigenvalue weighted by atomic mass is 10.2. The van der Waals surface area contributed by atoms with Crippen LogP contribution in [-0.4, -0.2) is 21.4 Å². The van der Waals surface area contributed by atoms with Gasteiger partial charge in [-0.3, -0.25) is 9.10 Å². The minimum atomic E-state index is -3.75. The molecule has 3 rings (SSSR count). The Hall–Kier alpha value is -3.32. The van der Waals surface area contributed by atoms with Crippen LogP contribution in [-0.2, 0) is 14.8 Å². The highest BCUT2D eigenvalue weighted by Gasteiger charge is 2.21. The maximum Gasteiger partial charge on any atom is 0.264 e. The van der Waals surface area contributed by atoms with E-state index in [9.17, 15) is 13.2 Å². The molecule has 1 N–H and O–H groups in total. The molecule has 0 radical (unpaired) electrons. The van der Waals surface area contributed by atoms with Crippen LogP contribution in [0.3, 0.4) is 0 Å². The summed E-state index contributed by atoms with van der Waals surface area (Å²) < 4.78 is 33.0. The molecule has 0 aromatic heterocycles. The zero-order valence-electron chi connectivity index (χ0n) is 18.3. The summed E-state index contributed by atoms with van der Waals surface area (Å²) in [6.45, 7) is 2.08. The second-order valence-electron chi connectivity index (χ2n) is 7.41. The highest BCUT2D eigenvalue weighted by molar-refractivity contribution is 7.92. The third kappa shape index (κ3) is 6.11. The predicted octanol–water partition coefficient (Wildman–Crippen LogP) is 5.82. The van der Waals surface area contributed by atoms with Gasteiger partial charge in [-0.1, -0.05) is 38.0 Å². The molecule has 1 amide bonds. The molecule has 3 aromatic rings. The molecule has 32 heavy (non-hydrogen) atoms. The number of carbonyl (C=O) groups is 1. The van der Waals surface area contributed by atoms with Crippen LogP contribution in [0.5, 0.6) is 11.5 Å². The molecule has 3 aromatic carbocycles. The molecule has 0 bridgehead atoms. The van der Waals surface area contributed by atoms with E-state index in [1.807, 2.05) is 30.3 Å². The fraction of sp³-hybridized carbons (Fsp3) is 0.240. The Bertz CT molecular complexity index is 1110. The lowest BCUT2D eigenvalue weighted by Crippen LogP contribution is -2.26. The first kappa shape index (κ1) is 23.3. The van der Waals surface area contributed by atoms with Gasteiger partial charge in [0.05, 0.1) is 10.6 Å². The van der Waals surface area contributed by atoms with Crippen molar-refractivity contribution in [2.24, 2.45) is 0 Å². The van der Waals surface area contributed by atoms with Gasteiger partial charge in [0.25, 0.3) is 10.0 Å². The summed E-state index contributed by atoms with van der Waals surface area (Å²) in [6.07, 6.45) is 3.36. The summed E-state index contributed by atoms with van der Waals surface area (Å²) in [6, 6.07) is 22.4. The zero-order valence-corrected chi connectivity index (χ0v) is 19.1. The summed E-state index contributed by atoms with van der Waals surface area (Å²) in [5.41, 5.74) is 1.09. The number of sulfonamides is 1. The Balaban J connectivity index is 1.65. The normalized spacial score (nSPS) is 11.1. The van der Waals surface area contributed by atoms with Gasteiger partial charge < -0.3 is 10.1 Å². The van der Waals surface area contributed by atoms with Crippen molar-refractivity contribution in [2.45, 2.75) is 37.5 Å². The van der Waals surface area contributed by atoms with E-state index in [0.29, 0.717) is 29.3 Å². The minimum Gasteiger partial charge on any atom is -0.457 e. The smallest absolute Gasteiger partial charge is 0.264 e. The van der Waals surface area contributed by atoms with Crippen molar-refractivity contribution in [3.05, 3.63) is 78.9 Å². The molecule has 0 saturated heterocycles. The van der Waals surface area contributed by atoms with Crippen LogP contribution in [0.1, 0.15) is 32.6 Å². The van der Waals surface area contributed by atoms with E-state index in [1.54, 1.807) is 36.4 Å². The number of hydrogen-bond acceptors (Lipinski definition) is 4. The average molecular weight is 453 g/mol. The van der Waals surface area contributed by atoms with Crippen LogP contribution in [0.2, 0.25) is 0 Å². The molecule has 0 atom stereocenters. The number of rotatable bonds is 10. The van der Waals surface area contributed by atoms with E-state index in [4.69, 9.17) is 4.74 Å². The van der Waals surface area contributed by atoms with Crippen molar-refractivity contribution < 1.29 is 17.9 Å². The van der Waals surface area contributed by atoms with Gasteiger partial charge in [0.1, 0.15) is 11.5 Å². The van der Waals surface area contributed by atoms with Gasteiger partial charge in [-0.25, -0.2) is 8.42 Å². The summed E-state index contributed by atoms with van der Waals surface area (Å²) in [5, 5.41) is 2.81. The Morgan fingerprint density at radius 3 is 2.12 bits per heavy atom. The van der Waals surface area contributed by atoms with Crippen LogP contribution in [0.4, 0.5) is 11.4 Å². The second kappa shape index (κ2) is 10.8. The molecule has 0 unspecified atom stereocenters. The first-order valence-electron chi connectivity index (χ1n) is 10.6. The number of amides is 1. The fourth-order valence-electron chi connectivity index (χ4n) is 3.11. The van der Waals surface area contributed by atoms with Crippen LogP contribution in [0, 0.1) is 0 Å². The van der Waals surface area contributed by atoms with E-state index in [1.165, 1.54) is 23.5 Å². The van der Waals surface area contributed by atoms with Gasteiger partial charge in [-0.15, -0.1) is 0 Å². The van der Waals surface area contributed by atoms with E-state index >= 15 is 0 Å². The Kier molecular flexibility index (Phi) is 7.89. The number of nitrogens with one attached hydrogen (secondary N) is 1. The first-order chi connectivity index (χ1) is 15.4. The highest BCUT2D eigenvalue weighted by atomic mass is 32.2. The van der Waals surface area contributed by atoms with Gasteiger partial charge in [0.15, 0.2) is 0 Å². The molecule has 168 valence electrons. The third-order valence-electron chi connectivity index (χ3n) is 4.98. The molecule has 0 heterocycles. The predicted molar refractivity (Wildman–Crippen MR) is 128 cm³/mol. The quantitative estimate of drug-likeness (QED) is 0.393. The Morgan fingerprint density at radius 2 is 1.50 bits per heavy atom. The van der Waals surface area contributed by atoms with Crippen molar-refractivity contribution in [3.63, 3.8) is 0 Å². The summed E-state index contributed by atoms with van der Waals surface area (Å²) in [5.74, 6) is 1.26. The number of nitrogens with zero attached hydrogens (tertiary/aromatic N) is 1. The molecule has 0 saturated carbocycles. The summed E-state index contributed by atoms with van der Waals surface area (Å²) in [7, 11) is -2.24. The van der Waals surface area contributed by atoms with Crippen molar-refractivity contribution in [2.75, 3.05) is 16.7 Å². The molecule has 6 nitrogen and oxygen atoms in total. The average Bonchev–Trinajstić information content (AvgIpc) is 2.80. The number of hydrogen-bond donors (Lipinski definition) is 1. The minimum absolute atomic E-state index is 0.0658. The van der Waals surface area contributed by atoms with Crippen molar-refractivity contribution >= 4 is 27.3 Å². The maximum atomic E-state index is 13.0. The largest absolute Gasteiger partial charge is 0.457 e. The number of carbonyl (C=O) groups excluding carboxylic acids is 1. The molecule has 0 aliphatic carbocycles. The van der Waals surface area contributed by atoms with E-state index in [0.717, 1.165) is 19.3 Å². The number of ether oxygens (including phenoxy) is 1. The third-order valence-corrected chi connectivity index (χ3v) is 6.78. The molecule has 0 fully saturated rings.